The zero-order valence-corrected chi connectivity index (χ0v) is 14.0. The van der Waals surface area contributed by atoms with Gasteiger partial charge < -0.3 is 10.6 Å². The van der Waals surface area contributed by atoms with Crippen LogP contribution in [0.3, 0.4) is 0 Å². The molecule has 0 aliphatic rings. The Balaban J connectivity index is 1.82. The Morgan fingerprint density at radius 2 is 2.30 bits per heavy atom. The first-order valence-electron chi connectivity index (χ1n) is 6.03. The Labute approximate surface area is 136 Å². The van der Waals surface area contributed by atoms with Gasteiger partial charge in [0.2, 0.25) is 0 Å². The van der Waals surface area contributed by atoms with Crippen LogP contribution in [0.1, 0.15) is 5.56 Å². The predicted octanol–water partition coefficient (Wildman–Crippen LogP) is 3.59. The molecule has 4 nitrogen and oxygen atoms in total. The maximum Gasteiger partial charge on any atom is 0.170 e. The van der Waals surface area contributed by atoms with Crippen LogP contribution in [0.5, 0.6) is 0 Å². The van der Waals surface area contributed by atoms with Gasteiger partial charge in [-0.25, -0.2) is 0 Å². The lowest BCUT2D eigenvalue weighted by Crippen LogP contribution is -2.31. The number of nitrogens with zero attached hydrogens (tertiary/aromatic N) is 2. The summed E-state index contributed by atoms with van der Waals surface area (Å²) in [6.45, 7) is 3.43. The van der Waals surface area contributed by atoms with Gasteiger partial charge >= 0.3 is 0 Å². The molecule has 0 spiro atoms. The molecule has 1 heterocycles. The van der Waals surface area contributed by atoms with Crippen LogP contribution in [-0.4, -0.2) is 21.4 Å². The normalized spacial score (nSPS) is 10.3. The lowest BCUT2D eigenvalue weighted by Gasteiger charge is -2.12. The molecule has 0 aliphatic carbocycles. The van der Waals surface area contributed by atoms with E-state index in [1.54, 1.807) is 6.20 Å². The van der Waals surface area contributed by atoms with E-state index in [0.29, 0.717) is 16.7 Å². The Morgan fingerprint density at radius 3 is 3.00 bits per heavy atom. The fourth-order valence-corrected chi connectivity index (χ4v) is 2.35. The Hall–Kier alpha value is -1.11. The van der Waals surface area contributed by atoms with Crippen molar-refractivity contribution in [3.63, 3.8) is 0 Å². The molecule has 20 heavy (non-hydrogen) atoms. The summed E-state index contributed by atoms with van der Waals surface area (Å²) in [6.07, 6.45) is 3.67. The van der Waals surface area contributed by atoms with Crippen LogP contribution in [0.2, 0.25) is 5.02 Å². The molecule has 1 aromatic heterocycles. The number of anilines is 1. The number of hydrogen-bond acceptors (Lipinski definition) is 2. The Morgan fingerprint density at radius 1 is 1.50 bits per heavy atom. The topological polar surface area (TPSA) is 41.9 Å². The number of nitrogens with one attached hydrogen (secondary N) is 2. The third kappa shape index (κ3) is 4.47. The van der Waals surface area contributed by atoms with E-state index in [-0.39, 0.29) is 0 Å². The number of hydrogen-bond donors (Lipinski definition) is 2. The summed E-state index contributed by atoms with van der Waals surface area (Å²) >= 11 is 14.6. The summed E-state index contributed by atoms with van der Waals surface area (Å²) in [5.41, 5.74) is 2.01. The van der Waals surface area contributed by atoms with Crippen LogP contribution in [0.15, 0.2) is 35.1 Å². The van der Waals surface area contributed by atoms with E-state index in [1.165, 1.54) is 0 Å². The van der Waals surface area contributed by atoms with Crippen LogP contribution in [0.25, 0.3) is 0 Å². The van der Waals surface area contributed by atoms with Crippen molar-refractivity contribution in [1.82, 2.24) is 15.1 Å². The molecule has 2 rings (SSSR count). The monoisotopic (exact) mass is 372 g/mol. The van der Waals surface area contributed by atoms with Gasteiger partial charge in [-0.15, -0.1) is 0 Å². The molecule has 0 radical (unpaired) electrons. The molecule has 0 fully saturated rings. The van der Waals surface area contributed by atoms with E-state index in [9.17, 15) is 0 Å². The maximum absolute atomic E-state index is 5.97. The van der Waals surface area contributed by atoms with Gasteiger partial charge in [-0.3, -0.25) is 4.68 Å². The molecule has 2 aromatic rings. The molecule has 0 saturated heterocycles. The van der Waals surface area contributed by atoms with Crippen molar-refractivity contribution in [1.29, 1.82) is 0 Å². The van der Waals surface area contributed by atoms with Crippen molar-refractivity contribution < 1.29 is 0 Å². The first kappa shape index (κ1) is 15.3. The van der Waals surface area contributed by atoms with Gasteiger partial charge in [0, 0.05) is 23.5 Å². The van der Waals surface area contributed by atoms with Gasteiger partial charge in [0.25, 0.3) is 0 Å². The van der Waals surface area contributed by atoms with Crippen molar-refractivity contribution in [3.05, 3.63) is 45.7 Å². The average molecular weight is 374 g/mol. The van der Waals surface area contributed by atoms with Gasteiger partial charge in [-0.2, -0.15) is 5.10 Å². The van der Waals surface area contributed by atoms with Crippen molar-refractivity contribution in [2.45, 2.75) is 13.5 Å². The SMILES string of the molecule is Cc1ccc(Cl)cc1NC(=S)NCCn1cc(Br)cn1. The number of aryl methyl sites for hydroxylation is 1. The molecule has 106 valence electrons. The summed E-state index contributed by atoms with van der Waals surface area (Å²) in [4.78, 5) is 0. The second-order valence-electron chi connectivity index (χ2n) is 4.26. The molecule has 0 amide bonds. The number of halogens is 2. The van der Waals surface area contributed by atoms with E-state index >= 15 is 0 Å². The molecule has 0 atom stereocenters. The predicted molar refractivity (Wildman–Crippen MR) is 90.3 cm³/mol. The zero-order valence-electron chi connectivity index (χ0n) is 10.9. The van der Waals surface area contributed by atoms with E-state index in [2.05, 4.69) is 31.7 Å². The quantitative estimate of drug-likeness (QED) is 0.804. The third-order valence-corrected chi connectivity index (χ3v) is 3.57. The lowest BCUT2D eigenvalue weighted by atomic mass is 10.2. The molecular formula is C13H14BrClN4S. The van der Waals surface area contributed by atoms with Crippen LogP contribution in [0.4, 0.5) is 5.69 Å². The second kappa shape index (κ2) is 7.06. The third-order valence-electron chi connectivity index (χ3n) is 2.68. The summed E-state index contributed by atoms with van der Waals surface area (Å²) in [5, 5.41) is 11.7. The van der Waals surface area contributed by atoms with Gasteiger partial charge in [0.1, 0.15) is 0 Å². The second-order valence-corrected chi connectivity index (χ2v) is 6.02. The van der Waals surface area contributed by atoms with Crippen LogP contribution >= 0.6 is 39.7 Å². The molecule has 1 aromatic carbocycles. The highest BCUT2D eigenvalue weighted by atomic mass is 79.9. The number of thiocarbonyl (C=S) groups is 1. The molecule has 0 saturated carbocycles. The van der Waals surface area contributed by atoms with E-state index in [4.69, 9.17) is 23.8 Å². The number of aromatic nitrogens is 2. The smallest absolute Gasteiger partial charge is 0.170 e. The van der Waals surface area contributed by atoms with Crippen molar-refractivity contribution >= 4 is 50.5 Å². The fraction of sp³-hybridized carbons (Fsp3) is 0.231. The van der Waals surface area contributed by atoms with Gasteiger partial charge in [0.15, 0.2) is 5.11 Å². The van der Waals surface area contributed by atoms with E-state index < -0.39 is 0 Å². The molecule has 0 aliphatic heterocycles. The first-order valence-corrected chi connectivity index (χ1v) is 7.61. The standard InChI is InChI=1S/C13H14BrClN4S/c1-9-2-3-11(15)6-12(9)18-13(20)16-4-5-19-8-10(14)7-17-19/h2-3,6-8H,4-5H2,1H3,(H2,16,18,20). The van der Waals surface area contributed by atoms with Crippen LogP contribution < -0.4 is 10.6 Å². The zero-order chi connectivity index (χ0) is 14.5. The van der Waals surface area contributed by atoms with Gasteiger partial charge in [-0.05, 0) is 52.8 Å². The summed E-state index contributed by atoms with van der Waals surface area (Å²) in [6, 6.07) is 5.66. The van der Waals surface area contributed by atoms with Gasteiger partial charge in [-0.1, -0.05) is 17.7 Å². The van der Waals surface area contributed by atoms with Crippen molar-refractivity contribution in [2.24, 2.45) is 0 Å². The fourth-order valence-electron chi connectivity index (χ4n) is 1.64. The summed E-state index contributed by atoms with van der Waals surface area (Å²) in [5.74, 6) is 0. The maximum atomic E-state index is 5.97. The minimum Gasteiger partial charge on any atom is -0.361 e. The Kier molecular flexibility index (Phi) is 5.39. The summed E-state index contributed by atoms with van der Waals surface area (Å²) < 4.78 is 2.80. The largest absolute Gasteiger partial charge is 0.361 e. The van der Waals surface area contributed by atoms with Crippen LogP contribution in [0, 0.1) is 6.92 Å². The van der Waals surface area contributed by atoms with Crippen molar-refractivity contribution in [2.75, 3.05) is 11.9 Å². The number of rotatable bonds is 4. The molecular weight excluding hydrogens is 360 g/mol. The highest BCUT2D eigenvalue weighted by Crippen LogP contribution is 2.19. The van der Waals surface area contributed by atoms with E-state index in [1.807, 2.05) is 36.0 Å². The van der Waals surface area contributed by atoms with Crippen molar-refractivity contribution in [3.8, 4) is 0 Å². The highest BCUT2D eigenvalue weighted by Gasteiger charge is 2.02. The van der Waals surface area contributed by atoms with E-state index in [0.717, 1.165) is 22.3 Å². The lowest BCUT2D eigenvalue weighted by molar-refractivity contribution is 0.604. The molecule has 7 heteroatoms. The minimum absolute atomic E-state index is 0.571. The van der Waals surface area contributed by atoms with Crippen LogP contribution in [-0.2, 0) is 6.54 Å². The molecule has 2 N–H and O–H groups in total. The molecule has 0 unspecified atom stereocenters. The average Bonchev–Trinajstić information content (AvgIpc) is 2.80. The minimum atomic E-state index is 0.571. The highest BCUT2D eigenvalue weighted by molar-refractivity contribution is 9.10. The van der Waals surface area contributed by atoms with Gasteiger partial charge in [0.05, 0.1) is 17.2 Å². The number of benzene rings is 1. The first-order chi connectivity index (χ1) is 9.54. The Bertz CT molecular complexity index is 614. The molecule has 0 bridgehead atoms. The summed E-state index contributed by atoms with van der Waals surface area (Å²) in [7, 11) is 0.